The van der Waals surface area contributed by atoms with Gasteiger partial charge >= 0.3 is 24.0 Å². The molecule has 0 radical (unpaired) electrons. The minimum absolute atomic E-state index is 0.00917. The van der Waals surface area contributed by atoms with Crippen LogP contribution in [-0.2, 0) is 80.3 Å². The first-order valence-corrected chi connectivity index (χ1v) is 36.6. The van der Waals surface area contributed by atoms with E-state index in [9.17, 15) is 73.5 Å². The normalized spacial score (nSPS) is 24.0. The van der Waals surface area contributed by atoms with E-state index in [2.05, 4.69) is 45.4 Å². The van der Waals surface area contributed by atoms with Crippen molar-refractivity contribution in [2.24, 2.45) is 27.9 Å². The van der Waals surface area contributed by atoms with Gasteiger partial charge in [0.25, 0.3) is 5.91 Å². The Kier molecular flexibility index (Phi) is 23.5. The molecule has 4 bridgehead atoms. The molecule has 1 saturated heterocycles. The number of rotatable bonds is 31. The summed E-state index contributed by atoms with van der Waals surface area (Å²) in [4.78, 5) is 141. The molecule has 4 aliphatic carbocycles. The van der Waals surface area contributed by atoms with Gasteiger partial charge in [-0.15, -0.1) is 0 Å². The second kappa shape index (κ2) is 32.2. The van der Waals surface area contributed by atoms with Gasteiger partial charge in [0.15, 0.2) is 16.9 Å². The van der Waals surface area contributed by atoms with Gasteiger partial charge in [-0.1, -0.05) is 69.4 Å². The maximum atomic E-state index is 14.3. The van der Waals surface area contributed by atoms with Crippen LogP contribution in [0.4, 0.5) is 21.4 Å². The number of hydrogen-bond acceptors (Lipinski definition) is 21. The highest BCUT2D eigenvalue weighted by molar-refractivity contribution is 7.22. The number of benzene rings is 3. The first-order chi connectivity index (χ1) is 50.7. The number of carboxylic acid groups (broad SMARTS) is 3. The number of aliphatic hydroxyl groups excluding tert-OH is 3. The lowest BCUT2D eigenvalue weighted by atomic mass is 9.39. The minimum Gasteiger partial charge on any atom is -0.481 e. The number of thiazole rings is 1. The summed E-state index contributed by atoms with van der Waals surface area (Å²) in [5.74, 6) is -7.87. The number of carboxylic acids is 3. The van der Waals surface area contributed by atoms with E-state index in [-0.39, 0.29) is 78.9 Å². The quantitative estimate of drug-likeness (QED) is 0.0257. The zero-order valence-electron chi connectivity index (χ0n) is 60.4. The fourth-order valence-electron chi connectivity index (χ4n) is 17.2. The zero-order valence-corrected chi connectivity index (χ0v) is 61.2. The number of anilines is 3. The molecule has 3 aromatic carbocycles. The summed E-state index contributed by atoms with van der Waals surface area (Å²) in [6, 6.07) is 19.1. The van der Waals surface area contributed by atoms with Gasteiger partial charge < -0.3 is 81.7 Å². The number of nitrogens with zero attached hydrogens (tertiary/aromatic N) is 6. The number of hydrogen-bond donors (Lipinski definition) is 12. The number of aromatic carboxylic acids is 1. The second-order valence-electron chi connectivity index (χ2n) is 30.3. The van der Waals surface area contributed by atoms with Crippen molar-refractivity contribution in [2.75, 3.05) is 48.3 Å². The second-order valence-corrected chi connectivity index (χ2v) is 31.3. The number of aliphatic carboxylic acids is 2. The molecule has 572 valence electrons. The van der Waals surface area contributed by atoms with Crippen molar-refractivity contribution in [2.45, 2.75) is 186 Å². The molecule has 3 aromatic heterocycles. The van der Waals surface area contributed by atoms with Crippen molar-refractivity contribution in [1.82, 2.24) is 40.6 Å². The van der Waals surface area contributed by atoms with Gasteiger partial charge in [-0.05, 0) is 159 Å². The van der Waals surface area contributed by atoms with Crippen LogP contribution in [0, 0.1) is 29.1 Å². The molecule has 31 nitrogen and oxygen atoms in total. The zero-order chi connectivity index (χ0) is 77.0. The maximum absolute atomic E-state index is 14.3. The molecule has 5 heterocycles. The summed E-state index contributed by atoms with van der Waals surface area (Å²) in [5.41, 5.74) is 10.2. The van der Waals surface area contributed by atoms with E-state index < -0.39 is 127 Å². The fraction of sp³-hybridized carbons (Fsp3) is 0.507. The molecule has 5 fully saturated rings. The number of aliphatic hydroxyl groups is 3. The number of primary amides is 1. The maximum Gasteiger partial charge on any atom is 0.410 e. The smallest absolute Gasteiger partial charge is 0.410 e. The number of carbonyl (C=O) groups is 10. The highest BCUT2D eigenvalue weighted by Gasteiger charge is 2.66. The topological polar surface area (TPSA) is 456 Å². The molecule has 7 amide bonds. The number of ether oxygens (including phenoxy) is 3. The van der Waals surface area contributed by atoms with Crippen molar-refractivity contribution in [3.05, 3.63) is 118 Å². The van der Waals surface area contributed by atoms with Gasteiger partial charge in [0.2, 0.25) is 29.5 Å². The minimum atomic E-state index is -1.95. The standard InChI is InChI=1S/C75H92N12O19S/c1-40(2)59(83-57(90)30-77-56(89)20-21-58(91)92)67(98)79-41(3)65(96)80-46-16-14-45(44(28-46)15-18-52-61(93)62(94)63(95)64(106-52)69(101)102)32-104-71(103)85(25-23-54(76)88)26-27-105-75-36-72(5)33-73(6,37-75)35-74(34-72,38-75)39-87-42(4)49(29-78-87)47-17-19-55(82-60(47)68(99)100)86-24-22-43-10-9-11-48(50(43)31-86)66(97)84-70-81-51-12-7-8-13-53(51)107-70/h7-14,16-17,19,28-29,40-41,52,59,61-64,93-95H,15,18,20-27,30-39H2,1-6H3,(H2,76,88)(H,77,89)(H,79,98)(H,80,96)(H,83,90)(H,91,92)(H,99,100)(H,101,102)(H,81,84,97)/t41-,52-,59-,61-,62+,63-,64-,72?,73?,74?,75?/m0/s1. The van der Waals surface area contributed by atoms with Crippen LogP contribution in [-0.4, -0.2) is 196 Å². The summed E-state index contributed by atoms with van der Waals surface area (Å²) in [5, 5.41) is 80.0. The van der Waals surface area contributed by atoms with Gasteiger partial charge in [-0.2, -0.15) is 5.10 Å². The van der Waals surface area contributed by atoms with Crippen LogP contribution in [0.5, 0.6) is 0 Å². The van der Waals surface area contributed by atoms with E-state index in [4.69, 9.17) is 35.1 Å². The SMILES string of the molecule is Cc1c(-c2ccc(N3CCc4cccc(C(=O)Nc5nc6ccccc6s5)c4C3)nc2C(=O)O)cnn1CC12CC3(C)CC(C)(C1)CC(OCCN(CCC(N)=O)C(=O)OCc1ccc(NC(=O)[C@H](C)NC(=O)[C@@H](NC(=O)CNC(=O)CCC(=O)O)C(C)C)cc1CC[C@@H]1O[C@H](C(=O)O)[C@@H](O)[C@H](O)[C@H]1O)(C3)C2. The molecule has 2 unspecified atom stereocenters. The van der Waals surface area contributed by atoms with E-state index >= 15 is 0 Å². The first-order valence-electron chi connectivity index (χ1n) is 35.8. The molecular formula is C75H92N12O19S. The monoisotopic (exact) mass is 1500 g/mol. The van der Waals surface area contributed by atoms with Crippen molar-refractivity contribution in [1.29, 1.82) is 0 Å². The summed E-state index contributed by atoms with van der Waals surface area (Å²) >= 11 is 1.39. The molecule has 4 saturated carbocycles. The Morgan fingerprint density at radius 2 is 1.52 bits per heavy atom. The van der Waals surface area contributed by atoms with Gasteiger partial charge in [0.05, 0.1) is 47.7 Å². The highest BCUT2D eigenvalue weighted by atomic mass is 32.1. The molecular weight excluding hydrogens is 1400 g/mol. The van der Waals surface area contributed by atoms with Crippen LogP contribution >= 0.6 is 11.3 Å². The molecule has 2 aliphatic heterocycles. The van der Waals surface area contributed by atoms with Gasteiger partial charge in [0, 0.05) is 73.6 Å². The van der Waals surface area contributed by atoms with Gasteiger partial charge in [-0.25, -0.2) is 24.4 Å². The number of nitrogens with one attached hydrogen (secondary N) is 5. The summed E-state index contributed by atoms with van der Waals surface area (Å²) in [6.07, 6.45) is -3.63. The fourth-order valence-corrected chi connectivity index (χ4v) is 18.1. The highest BCUT2D eigenvalue weighted by Crippen LogP contribution is 2.72. The van der Waals surface area contributed by atoms with Crippen molar-refractivity contribution in [3.8, 4) is 11.1 Å². The number of amides is 7. The summed E-state index contributed by atoms with van der Waals surface area (Å²) in [7, 11) is 0. The van der Waals surface area contributed by atoms with Gasteiger partial charge in [-0.3, -0.25) is 43.6 Å². The lowest BCUT2D eigenvalue weighted by Gasteiger charge is -2.69. The molecule has 0 spiro atoms. The van der Waals surface area contributed by atoms with E-state index in [0.29, 0.717) is 71.2 Å². The number of fused-ring (bicyclic) bond motifs is 2. The van der Waals surface area contributed by atoms with Crippen molar-refractivity contribution >= 4 is 97.6 Å². The molecule has 32 heteroatoms. The number of nitrogens with two attached hydrogens (primary N) is 1. The summed E-state index contributed by atoms with van der Waals surface area (Å²) < 4.78 is 21.5. The number of aryl methyl sites for hydroxylation is 1. The summed E-state index contributed by atoms with van der Waals surface area (Å²) in [6.45, 7) is 11.5. The van der Waals surface area contributed by atoms with Crippen LogP contribution in [0.3, 0.4) is 0 Å². The number of aromatic nitrogens is 4. The average molecular weight is 1500 g/mol. The molecule has 9 atom stereocenters. The third-order valence-electron chi connectivity index (χ3n) is 21.1. The lowest BCUT2D eigenvalue weighted by Crippen LogP contribution is -2.64. The van der Waals surface area contributed by atoms with E-state index in [0.717, 1.165) is 59.1 Å². The van der Waals surface area contributed by atoms with Crippen LogP contribution < -0.4 is 37.2 Å². The molecule has 12 rings (SSSR count). The molecule has 107 heavy (non-hydrogen) atoms. The van der Waals surface area contributed by atoms with Crippen molar-refractivity contribution in [3.63, 3.8) is 0 Å². The predicted octanol–water partition coefficient (Wildman–Crippen LogP) is 5.46. The Morgan fingerprint density at radius 1 is 0.776 bits per heavy atom. The Labute approximate surface area is 620 Å². The lowest BCUT2D eigenvalue weighted by molar-refractivity contribution is -0.248. The number of pyridine rings is 1. The van der Waals surface area contributed by atoms with E-state index in [1.807, 2.05) is 59.0 Å². The first kappa shape index (κ1) is 78.1. The average Bonchev–Trinajstić information content (AvgIpc) is 0.854. The molecule has 6 aliphatic rings. The van der Waals surface area contributed by atoms with Crippen molar-refractivity contribution < 1.29 is 92.8 Å². The molecule has 6 aromatic rings. The number of para-hydroxylation sites is 1. The Hall–Kier alpha value is -9.99. The van der Waals surface area contributed by atoms with Crippen LogP contribution in [0.2, 0.25) is 0 Å². The molecule has 13 N–H and O–H groups in total. The van der Waals surface area contributed by atoms with Crippen LogP contribution in [0.25, 0.3) is 21.3 Å². The largest absolute Gasteiger partial charge is 0.481 e. The predicted molar refractivity (Wildman–Crippen MR) is 388 cm³/mol. The Morgan fingerprint density at radius 3 is 2.22 bits per heavy atom. The van der Waals surface area contributed by atoms with Crippen LogP contribution in [0.15, 0.2) is 79.0 Å². The van der Waals surface area contributed by atoms with E-state index in [1.54, 1.807) is 38.2 Å². The van der Waals surface area contributed by atoms with Gasteiger partial charge in [0.1, 0.15) is 42.8 Å². The third kappa shape index (κ3) is 18.2. The Balaban J connectivity index is 0.751. The third-order valence-corrected chi connectivity index (χ3v) is 22.1. The van der Waals surface area contributed by atoms with E-state index in [1.165, 1.54) is 35.3 Å². The Bertz CT molecular complexity index is 4380. The number of carbonyl (C=O) groups excluding carboxylic acids is 7. The van der Waals surface area contributed by atoms with Crippen LogP contribution in [0.1, 0.15) is 148 Å².